The number of aromatic nitrogens is 2. The van der Waals surface area contributed by atoms with E-state index >= 15 is 0 Å². The van der Waals surface area contributed by atoms with Gasteiger partial charge < -0.3 is 14.4 Å². The first-order chi connectivity index (χ1) is 18.1. The third kappa shape index (κ3) is 5.26. The van der Waals surface area contributed by atoms with Crippen molar-refractivity contribution in [2.45, 2.75) is 64.4 Å². The van der Waals surface area contributed by atoms with E-state index in [4.69, 9.17) is 14.5 Å². The lowest BCUT2D eigenvalue weighted by Gasteiger charge is -2.39. The topological polar surface area (TPSA) is 88.3 Å². The van der Waals surface area contributed by atoms with Gasteiger partial charge in [-0.1, -0.05) is 0 Å². The van der Waals surface area contributed by atoms with Crippen LogP contribution in [0.3, 0.4) is 0 Å². The van der Waals surface area contributed by atoms with E-state index in [1.165, 1.54) is 0 Å². The maximum absolute atomic E-state index is 14.3. The third-order valence-corrected chi connectivity index (χ3v) is 7.51. The minimum Gasteiger partial charge on any atom is -0.453 e. The predicted octanol–water partition coefficient (Wildman–Crippen LogP) is 6.86. The molecular formula is C29H30F2N4O3. The van der Waals surface area contributed by atoms with Gasteiger partial charge in [0, 0.05) is 36.7 Å². The van der Waals surface area contributed by atoms with Gasteiger partial charge in [-0.05, 0) is 82.6 Å². The molecule has 1 spiro atoms. The molecule has 2 heterocycles. The number of amides is 1. The van der Waals surface area contributed by atoms with E-state index in [2.05, 4.69) is 4.98 Å². The van der Waals surface area contributed by atoms with Crippen molar-refractivity contribution >= 4 is 17.0 Å². The van der Waals surface area contributed by atoms with Gasteiger partial charge in [-0.3, -0.25) is 0 Å². The van der Waals surface area contributed by atoms with Crippen LogP contribution in [0.5, 0.6) is 11.5 Å². The number of hydrogen-bond donors (Lipinski definition) is 0. The number of ether oxygens (including phenoxy) is 2. The Balaban J connectivity index is 1.30. The molecule has 2 aromatic carbocycles. The summed E-state index contributed by atoms with van der Waals surface area (Å²) in [5, 5.41) is 10.0. The first-order valence-corrected chi connectivity index (χ1v) is 12.9. The Bertz CT molecular complexity index is 1420. The van der Waals surface area contributed by atoms with Crippen LogP contribution < -0.4 is 4.74 Å². The van der Waals surface area contributed by atoms with Gasteiger partial charge in [-0.25, -0.2) is 23.5 Å². The van der Waals surface area contributed by atoms with Crippen LogP contribution in [0, 0.1) is 28.4 Å². The van der Waals surface area contributed by atoms with E-state index in [0.717, 1.165) is 55.4 Å². The van der Waals surface area contributed by atoms with Crippen molar-refractivity contribution in [1.29, 1.82) is 5.26 Å². The highest BCUT2D eigenvalue weighted by atomic mass is 19.1. The molecule has 1 unspecified atom stereocenters. The number of hydrogen-bond acceptors (Lipinski definition) is 6. The Hall–Kier alpha value is -3.80. The second kappa shape index (κ2) is 9.82. The largest absolute Gasteiger partial charge is 0.453 e. The lowest BCUT2D eigenvalue weighted by molar-refractivity contribution is 0.0105. The fourth-order valence-corrected chi connectivity index (χ4v) is 5.50. The van der Waals surface area contributed by atoms with E-state index in [9.17, 15) is 18.8 Å². The molecule has 1 aromatic heterocycles. The second-order valence-corrected chi connectivity index (χ2v) is 11.3. The summed E-state index contributed by atoms with van der Waals surface area (Å²) in [7, 11) is 0. The van der Waals surface area contributed by atoms with Crippen LogP contribution in [0.1, 0.15) is 70.2 Å². The van der Waals surface area contributed by atoms with Crippen LogP contribution in [-0.4, -0.2) is 39.7 Å². The number of nitrogens with zero attached hydrogens (tertiary/aromatic N) is 4. The predicted molar refractivity (Wildman–Crippen MR) is 137 cm³/mol. The van der Waals surface area contributed by atoms with Gasteiger partial charge >= 0.3 is 6.09 Å². The molecule has 0 N–H and O–H groups in total. The zero-order valence-electron chi connectivity index (χ0n) is 21.8. The average molecular weight is 521 g/mol. The Kier molecular flexibility index (Phi) is 6.68. The van der Waals surface area contributed by atoms with Gasteiger partial charge in [0.2, 0.25) is 0 Å². The SMILES string of the molecule is CC(C)(C)OC(=O)N1CCC2(CCC(c3ncc4ccc(Oc5c(F)ccc(F)c5C#N)cc4n3)C2)CC1. The number of carbonyl (C=O) groups excluding carboxylic acids is 1. The Morgan fingerprint density at radius 1 is 1.13 bits per heavy atom. The number of fused-ring (bicyclic) bond motifs is 1. The van der Waals surface area contributed by atoms with Crippen molar-refractivity contribution in [1.82, 2.24) is 14.9 Å². The summed E-state index contributed by atoms with van der Waals surface area (Å²) in [6, 6.07) is 8.50. The first-order valence-electron chi connectivity index (χ1n) is 12.9. The highest BCUT2D eigenvalue weighted by Gasteiger charge is 2.43. The highest BCUT2D eigenvalue weighted by Crippen LogP contribution is 2.52. The maximum atomic E-state index is 14.3. The molecule has 7 nitrogen and oxygen atoms in total. The van der Waals surface area contributed by atoms with Crippen LogP contribution in [-0.2, 0) is 4.74 Å². The third-order valence-electron chi connectivity index (χ3n) is 7.51. The maximum Gasteiger partial charge on any atom is 0.410 e. The van der Waals surface area contributed by atoms with Gasteiger partial charge in [-0.2, -0.15) is 5.26 Å². The number of likely N-dealkylation sites (tertiary alicyclic amines) is 1. The zero-order chi connectivity index (χ0) is 27.1. The van der Waals surface area contributed by atoms with Crippen molar-refractivity contribution in [3.8, 4) is 17.6 Å². The Morgan fingerprint density at radius 2 is 1.87 bits per heavy atom. The number of carbonyl (C=O) groups is 1. The van der Waals surface area contributed by atoms with E-state index in [-0.39, 0.29) is 23.2 Å². The summed E-state index contributed by atoms with van der Waals surface area (Å²) >= 11 is 0. The second-order valence-electron chi connectivity index (χ2n) is 11.3. The number of piperidine rings is 1. The van der Waals surface area contributed by atoms with Crippen LogP contribution in [0.25, 0.3) is 10.9 Å². The Morgan fingerprint density at radius 3 is 2.58 bits per heavy atom. The molecule has 0 bridgehead atoms. The minimum atomic E-state index is -0.846. The summed E-state index contributed by atoms with van der Waals surface area (Å²) in [6.07, 6.45) is 6.34. The molecule has 1 aliphatic carbocycles. The summed E-state index contributed by atoms with van der Waals surface area (Å²) in [4.78, 5) is 23.7. The van der Waals surface area contributed by atoms with Crippen molar-refractivity contribution < 1.29 is 23.0 Å². The lowest BCUT2D eigenvalue weighted by Crippen LogP contribution is -2.44. The molecule has 1 amide bonds. The monoisotopic (exact) mass is 520 g/mol. The molecular weight excluding hydrogens is 490 g/mol. The summed E-state index contributed by atoms with van der Waals surface area (Å²) in [5.74, 6) is -0.919. The van der Waals surface area contributed by atoms with E-state index in [1.807, 2.05) is 20.8 Å². The molecule has 1 saturated heterocycles. The van der Waals surface area contributed by atoms with Crippen LogP contribution in [0.15, 0.2) is 36.5 Å². The highest BCUT2D eigenvalue weighted by molar-refractivity contribution is 5.79. The van der Waals surface area contributed by atoms with Gasteiger partial charge in [-0.15, -0.1) is 0 Å². The average Bonchev–Trinajstić information content (AvgIpc) is 3.28. The fourth-order valence-electron chi connectivity index (χ4n) is 5.50. The zero-order valence-corrected chi connectivity index (χ0v) is 21.8. The van der Waals surface area contributed by atoms with Gasteiger partial charge in [0.15, 0.2) is 11.6 Å². The summed E-state index contributed by atoms with van der Waals surface area (Å²) in [6.45, 7) is 6.99. The smallest absolute Gasteiger partial charge is 0.410 e. The standard InChI is InChI=1S/C29H30F2N4O3/c1-28(2,3)38-27(36)35-12-10-29(11-13-35)9-8-18(15-29)26-33-17-19-4-5-20(14-24(19)34-26)37-25-21(16-32)22(30)6-7-23(25)31/h4-7,14,17-18H,8-13,15H2,1-3H3. The van der Waals surface area contributed by atoms with E-state index in [1.54, 1.807) is 35.4 Å². The first kappa shape index (κ1) is 25.8. The van der Waals surface area contributed by atoms with E-state index < -0.39 is 28.5 Å². The summed E-state index contributed by atoms with van der Waals surface area (Å²) in [5.41, 5.74) is -0.201. The Labute approximate surface area is 220 Å². The molecule has 2 fully saturated rings. The van der Waals surface area contributed by atoms with Crippen molar-refractivity contribution in [3.05, 3.63) is 59.6 Å². The fraction of sp³-hybridized carbons (Fsp3) is 0.448. The molecule has 1 aliphatic heterocycles. The van der Waals surface area contributed by atoms with Crippen molar-refractivity contribution in [2.75, 3.05) is 13.1 Å². The number of rotatable bonds is 3. The normalized spacial score (nSPS) is 18.9. The van der Waals surface area contributed by atoms with E-state index in [0.29, 0.717) is 18.6 Å². The number of nitriles is 1. The molecule has 3 aromatic rings. The minimum absolute atomic E-state index is 0.162. The number of benzene rings is 2. The van der Waals surface area contributed by atoms with Crippen molar-refractivity contribution in [3.63, 3.8) is 0 Å². The number of halogens is 2. The quantitative estimate of drug-likeness (QED) is 0.375. The summed E-state index contributed by atoms with van der Waals surface area (Å²) < 4.78 is 39.4. The van der Waals surface area contributed by atoms with Crippen molar-refractivity contribution in [2.24, 2.45) is 5.41 Å². The molecule has 0 radical (unpaired) electrons. The van der Waals surface area contributed by atoms with Crippen LogP contribution in [0.4, 0.5) is 13.6 Å². The molecule has 1 atom stereocenters. The molecule has 5 rings (SSSR count). The molecule has 38 heavy (non-hydrogen) atoms. The van der Waals surface area contributed by atoms with Crippen LogP contribution >= 0.6 is 0 Å². The molecule has 9 heteroatoms. The molecule has 2 aliphatic rings. The van der Waals surface area contributed by atoms with Crippen LogP contribution in [0.2, 0.25) is 0 Å². The van der Waals surface area contributed by atoms with Gasteiger partial charge in [0.05, 0.1) is 5.52 Å². The molecule has 1 saturated carbocycles. The van der Waals surface area contributed by atoms with Gasteiger partial charge in [0.1, 0.15) is 34.6 Å². The molecule has 198 valence electrons. The van der Waals surface area contributed by atoms with Gasteiger partial charge in [0.25, 0.3) is 0 Å². The lowest BCUT2D eigenvalue weighted by atomic mass is 9.76.